The van der Waals surface area contributed by atoms with Gasteiger partial charge in [-0.2, -0.15) is 0 Å². The number of anilines is 1. The van der Waals surface area contributed by atoms with Crippen molar-refractivity contribution in [1.29, 1.82) is 0 Å². The van der Waals surface area contributed by atoms with E-state index in [1.165, 1.54) is 0 Å². The number of carbonyl (C=O) groups is 2. The highest BCUT2D eigenvalue weighted by atomic mass is 16.5. The summed E-state index contributed by atoms with van der Waals surface area (Å²) in [5.74, 6) is -0.550. The largest absolute Gasteiger partial charge is 0.449 e. The molecule has 0 heterocycles. The summed E-state index contributed by atoms with van der Waals surface area (Å²) in [7, 11) is 0. The lowest BCUT2D eigenvalue weighted by molar-refractivity contribution is -0.123. The van der Waals surface area contributed by atoms with Crippen LogP contribution in [0.3, 0.4) is 0 Å². The summed E-state index contributed by atoms with van der Waals surface area (Å²) in [5, 5.41) is 2.92. The first-order valence-corrected chi connectivity index (χ1v) is 8.88. The van der Waals surface area contributed by atoms with Crippen LogP contribution in [-0.2, 0) is 9.53 Å². The van der Waals surface area contributed by atoms with Crippen LogP contribution in [0.4, 0.5) is 5.69 Å². The van der Waals surface area contributed by atoms with Crippen LogP contribution >= 0.6 is 0 Å². The Balaban J connectivity index is 2.12. The minimum Gasteiger partial charge on any atom is -0.449 e. The molecule has 0 aliphatic carbocycles. The predicted octanol–water partition coefficient (Wildman–Crippen LogP) is 4.92. The Hall–Kier alpha value is -2.62. The van der Waals surface area contributed by atoms with Crippen LogP contribution in [0.25, 0.3) is 0 Å². The van der Waals surface area contributed by atoms with Gasteiger partial charge < -0.3 is 10.1 Å². The summed E-state index contributed by atoms with van der Waals surface area (Å²) in [5.41, 5.74) is 5.26. The second-order valence-corrected chi connectivity index (χ2v) is 7.11. The summed E-state index contributed by atoms with van der Waals surface area (Å²) < 4.78 is 5.37. The van der Waals surface area contributed by atoms with Crippen LogP contribution in [0.1, 0.15) is 59.3 Å². The summed E-state index contributed by atoms with van der Waals surface area (Å²) in [4.78, 5) is 24.9. The molecule has 1 amide bonds. The van der Waals surface area contributed by atoms with Gasteiger partial charge in [-0.15, -0.1) is 0 Å². The average molecular weight is 353 g/mol. The first-order chi connectivity index (χ1) is 12.2. The van der Waals surface area contributed by atoms with Crippen LogP contribution in [-0.4, -0.2) is 18.0 Å². The third kappa shape index (κ3) is 4.72. The third-order valence-corrected chi connectivity index (χ3v) is 4.29. The lowest BCUT2D eigenvalue weighted by Gasteiger charge is -2.19. The molecule has 2 aromatic rings. The molecule has 0 saturated carbocycles. The van der Waals surface area contributed by atoms with Gasteiger partial charge in [0.25, 0.3) is 5.91 Å². The molecule has 4 heteroatoms. The van der Waals surface area contributed by atoms with Gasteiger partial charge in [0.15, 0.2) is 6.10 Å². The number of hydrogen-bond acceptors (Lipinski definition) is 3. The molecule has 1 N–H and O–H groups in total. The first kappa shape index (κ1) is 19.7. The Bertz CT molecular complexity index is 804. The first-order valence-electron chi connectivity index (χ1n) is 8.88. The molecule has 0 aliphatic rings. The summed E-state index contributed by atoms with van der Waals surface area (Å²) >= 11 is 0. The van der Waals surface area contributed by atoms with Crippen molar-refractivity contribution in [3.63, 3.8) is 0 Å². The van der Waals surface area contributed by atoms with Gasteiger partial charge in [0, 0.05) is 5.69 Å². The second kappa shape index (κ2) is 8.17. The predicted molar refractivity (Wildman–Crippen MR) is 105 cm³/mol. The van der Waals surface area contributed by atoms with Crippen LogP contribution in [0.2, 0.25) is 0 Å². The van der Waals surface area contributed by atoms with E-state index in [4.69, 9.17) is 4.74 Å². The molecule has 4 nitrogen and oxygen atoms in total. The van der Waals surface area contributed by atoms with Crippen LogP contribution in [0.5, 0.6) is 0 Å². The molecule has 0 radical (unpaired) electrons. The number of aryl methyl sites for hydroxylation is 3. The van der Waals surface area contributed by atoms with Crippen molar-refractivity contribution in [2.24, 2.45) is 0 Å². The van der Waals surface area contributed by atoms with Gasteiger partial charge in [-0.1, -0.05) is 49.2 Å². The standard InChI is InChI=1S/C22H27NO3/c1-13(2)19-9-7-8-16(5)20(19)23-21(24)17(6)26-22(25)18-11-14(3)10-15(4)12-18/h7-13,17H,1-6H3,(H,23,24). The van der Waals surface area contributed by atoms with Crippen LogP contribution in [0.15, 0.2) is 36.4 Å². The topological polar surface area (TPSA) is 55.4 Å². The van der Waals surface area contributed by atoms with Crippen molar-refractivity contribution in [3.05, 3.63) is 64.2 Å². The minimum absolute atomic E-state index is 0.276. The van der Waals surface area contributed by atoms with E-state index in [2.05, 4.69) is 19.2 Å². The molecule has 1 unspecified atom stereocenters. The van der Waals surface area contributed by atoms with Gasteiger partial charge in [-0.3, -0.25) is 4.79 Å². The third-order valence-electron chi connectivity index (χ3n) is 4.29. The Morgan fingerprint density at radius 2 is 1.58 bits per heavy atom. The van der Waals surface area contributed by atoms with Gasteiger partial charge in [-0.25, -0.2) is 4.79 Å². The smallest absolute Gasteiger partial charge is 0.338 e. The number of amides is 1. The highest BCUT2D eigenvalue weighted by Crippen LogP contribution is 2.27. The Morgan fingerprint density at radius 3 is 2.15 bits per heavy atom. The SMILES string of the molecule is Cc1cc(C)cc(C(=O)OC(C)C(=O)Nc2c(C)cccc2C(C)C)c1. The number of ether oxygens (including phenoxy) is 1. The maximum Gasteiger partial charge on any atom is 0.338 e. The monoisotopic (exact) mass is 353 g/mol. The number of carbonyl (C=O) groups excluding carboxylic acids is 2. The normalized spacial score (nSPS) is 12.0. The quantitative estimate of drug-likeness (QED) is 0.776. The number of esters is 1. The zero-order valence-electron chi connectivity index (χ0n) is 16.3. The number of benzene rings is 2. The second-order valence-electron chi connectivity index (χ2n) is 7.11. The van der Waals surface area contributed by atoms with Crippen molar-refractivity contribution in [2.45, 2.75) is 53.6 Å². The molecule has 0 aromatic heterocycles. The van der Waals surface area contributed by atoms with E-state index < -0.39 is 12.1 Å². The fourth-order valence-electron chi connectivity index (χ4n) is 2.94. The zero-order valence-corrected chi connectivity index (χ0v) is 16.3. The molecule has 138 valence electrons. The fraction of sp³-hybridized carbons (Fsp3) is 0.364. The Morgan fingerprint density at radius 1 is 0.962 bits per heavy atom. The summed E-state index contributed by atoms with van der Waals surface area (Å²) in [6, 6.07) is 11.4. The molecule has 0 aliphatic heterocycles. The lowest BCUT2D eigenvalue weighted by atomic mass is 9.98. The van der Waals surface area contributed by atoms with Crippen molar-refractivity contribution in [1.82, 2.24) is 0 Å². The molecule has 0 bridgehead atoms. The highest BCUT2D eigenvalue weighted by Gasteiger charge is 2.21. The van der Waals surface area contributed by atoms with E-state index in [1.807, 2.05) is 45.0 Å². The van der Waals surface area contributed by atoms with E-state index >= 15 is 0 Å². The van der Waals surface area contributed by atoms with Crippen LogP contribution < -0.4 is 5.32 Å². The maximum atomic E-state index is 12.6. The molecule has 1 atom stereocenters. The molecule has 0 fully saturated rings. The minimum atomic E-state index is -0.886. The molecule has 2 rings (SSSR count). The number of hydrogen-bond donors (Lipinski definition) is 1. The van der Waals surface area contributed by atoms with Crippen molar-refractivity contribution >= 4 is 17.6 Å². The number of nitrogens with one attached hydrogen (secondary N) is 1. The van der Waals surface area contributed by atoms with Crippen molar-refractivity contribution in [2.75, 3.05) is 5.32 Å². The van der Waals surface area contributed by atoms with E-state index in [9.17, 15) is 9.59 Å². The van der Waals surface area contributed by atoms with Gasteiger partial charge in [0.2, 0.25) is 0 Å². The van der Waals surface area contributed by atoms with E-state index in [0.717, 1.165) is 27.9 Å². The average Bonchev–Trinajstić information content (AvgIpc) is 2.55. The molecule has 26 heavy (non-hydrogen) atoms. The molecule has 0 saturated heterocycles. The number of rotatable bonds is 5. The van der Waals surface area contributed by atoms with Crippen LogP contribution in [0, 0.1) is 20.8 Å². The highest BCUT2D eigenvalue weighted by molar-refractivity contribution is 5.98. The molecular weight excluding hydrogens is 326 g/mol. The van der Waals surface area contributed by atoms with Gasteiger partial charge in [0.1, 0.15) is 0 Å². The van der Waals surface area contributed by atoms with E-state index in [-0.39, 0.29) is 11.8 Å². The van der Waals surface area contributed by atoms with Crippen molar-refractivity contribution < 1.29 is 14.3 Å². The Kier molecular flexibility index (Phi) is 6.19. The lowest BCUT2D eigenvalue weighted by Crippen LogP contribution is -2.30. The Labute approximate surface area is 155 Å². The van der Waals surface area contributed by atoms with E-state index in [1.54, 1.807) is 19.1 Å². The fourth-order valence-corrected chi connectivity index (χ4v) is 2.94. The summed E-state index contributed by atoms with van der Waals surface area (Å²) in [6.07, 6.45) is -0.886. The van der Waals surface area contributed by atoms with Gasteiger partial charge in [-0.05, 0) is 56.9 Å². The zero-order chi connectivity index (χ0) is 19.4. The van der Waals surface area contributed by atoms with E-state index in [0.29, 0.717) is 5.56 Å². The molecule has 2 aromatic carbocycles. The summed E-state index contributed by atoms with van der Waals surface area (Å²) in [6.45, 7) is 11.5. The molecular formula is C22H27NO3. The van der Waals surface area contributed by atoms with Gasteiger partial charge in [0.05, 0.1) is 5.56 Å². The maximum absolute atomic E-state index is 12.6. The van der Waals surface area contributed by atoms with Gasteiger partial charge >= 0.3 is 5.97 Å². The molecule has 0 spiro atoms. The number of para-hydroxylation sites is 1. The van der Waals surface area contributed by atoms with Crippen molar-refractivity contribution in [3.8, 4) is 0 Å².